The standard InChI is InChI=1S/C27H37N5O6S/c1-4-6-20-22(17-28-35)31(3)25-24(20)29-26(30-27(25)34)21-16-19(7-8-23(21)38-15-5-2)39(36,37)32-12-9-18(10-13-32)11-14-33/h7-8,16-18,33,35H,4-6,9-15H2,1-3H3,(H,29,30,34)/b28-17+. The summed E-state index contributed by atoms with van der Waals surface area (Å²) in [4.78, 5) is 21.0. The number of aryl methyl sites for hydroxylation is 2. The van der Waals surface area contributed by atoms with Gasteiger partial charge in [0.1, 0.15) is 22.6 Å². The first-order chi connectivity index (χ1) is 18.8. The van der Waals surface area contributed by atoms with Crippen LogP contribution in [0.25, 0.3) is 22.4 Å². The third kappa shape index (κ3) is 5.73. The molecule has 0 amide bonds. The number of hydrogen-bond donors (Lipinski definition) is 3. The summed E-state index contributed by atoms with van der Waals surface area (Å²) in [6, 6.07) is 4.66. The summed E-state index contributed by atoms with van der Waals surface area (Å²) >= 11 is 0. The Hall–Kier alpha value is -3.22. The number of aliphatic hydroxyl groups is 1. The van der Waals surface area contributed by atoms with Crippen LogP contribution in [0.15, 0.2) is 33.0 Å². The average Bonchev–Trinajstić information content (AvgIpc) is 3.19. The fraction of sp³-hybridized carbons (Fsp3) is 0.519. The SMILES string of the molecule is CCCOc1ccc(S(=O)(=O)N2CCC(CCO)CC2)cc1-c1nc2c(CCC)c(/C=N/O)n(C)c2c(=O)[nH]1. The van der Waals surface area contributed by atoms with E-state index >= 15 is 0 Å². The maximum atomic E-state index is 13.6. The van der Waals surface area contributed by atoms with Crippen LogP contribution in [0, 0.1) is 5.92 Å². The predicted octanol–water partition coefficient (Wildman–Crippen LogP) is 3.26. The molecule has 3 aromatic rings. The van der Waals surface area contributed by atoms with E-state index in [9.17, 15) is 23.5 Å². The van der Waals surface area contributed by atoms with Crippen LogP contribution in [0.4, 0.5) is 0 Å². The molecule has 4 rings (SSSR count). The van der Waals surface area contributed by atoms with Gasteiger partial charge in [0.25, 0.3) is 5.56 Å². The third-order valence-corrected chi connectivity index (χ3v) is 9.18. The quantitative estimate of drug-likeness (QED) is 0.185. The minimum Gasteiger partial charge on any atom is -0.493 e. The number of fused-ring (bicyclic) bond motifs is 1. The molecule has 12 heteroatoms. The molecular formula is C27H37N5O6S. The van der Waals surface area contributed by atoms with Gasteiger partial charge in [0.2, 0.25) is 10.0 Å². The number of hydrogen-bond acceptors (Lipinski definition) is 8. The molecule has 1 saturated heterocycles. The van der Waals surface area contributed by atoms with E-state index in [2.05, 4.69) is 10.1 Å². The first kappa shape index (κ1) is 28.8. The number of aromatic amines is 1. The van der Waals surface area contributed by atoms with E-state index in [0.29, 0.717) is 79.3 Å². The highest BCUT2D eigenvalue weighted by atomic mass is 32.2. The zero-order chi connectivity index (χ0) is 28.2. The number of nitrogens with one attached hydrogen (secondary N) is 1. The number of nitrogens with zero attached hydrogens (tertiary/aromatic N) is 4. The van der Waals surface area contributed by atoms with Crippen molar-refractivity contribution in [2.75, 3.05) is 26.3 Å². The number of ether oxygens (including phenoxy) is 1. The number of piperidine rings is 1. The molecule has 0 saturated carbocycles. The molecule has 0 aliphatic carbocycles. The Bertz CT molecular complexity index is 1500. The van der Waals surface area contributed by atoms with Gasteiger partial charge in [0.05, 0.1) is 29.0 Å². The lowest BCUT2D eigenvalue weighted by molar-refractivity contribution is 0.208. The lowest BCUT2D eigenvalue weighted by Crippen LogP contribution is -2.38. The van der Waals surface area contributed by atoms with Crippen molar-refractivity contribution in [3.8, 4) is 17.1 Å². The first-order valence-electron chi connectivity index (χ1n) is 13.4. The Morgan fingerprint density at radius 2 is 1.97 bits per heavy atom. The smallest absolute Gasteiger partial charge is 0.275 e. The fourth-order valence-electron chi connectivity index (χ4n) is 5.24. The minimum absolute atomic E-state index is 0.0969. The Labute approximate surface area is 228 Å². The van der Waals surface area contributed by atoms with Crippen LogP contribution in [0.5, 0.6) is 5.75 Å². The van der Waals surface area contributed by atoms with Gasteiger partial charge in [-0.15, -0.1) is 0 Å². The molecule has 1 aliphatic rings. The average molecular weight is 560 g/mol. The van der Waals surface area contributed by atoms with Gasteiger partial charge >= 0.3 is 0 Å². The Morgan fingerprint density at radius 3 is 2.62 bits per heavy atom. The summed E-state index contributed by atoms with van der Waals surface area (Å²) in [7, 11) is -2.09. The molecule has 39 heavy (non-hydrogen) atoms. The van der Waals surface area contributed by atoms with Gasteiger partial charge in [-0.1, -0.05) is 25.4 Å². The molecule has 1 aromatic carbocycles. The Balaban J connectivity index is 1.84. The molecule has 11 nitrogen and oxygen atoms in total. The number of benzene rings is 1. The number of aliphatic hydroxyl groups excluding tert-OH is 1. The van der Waals surface area contributed by atoms with E-state index in [-0.39, 0.29) is 17.3 Å². The van der Waals surface area contributed by atoms with Crippen molar-refractivity contribution in [1.82, 2.24) is 18.8 Å². The maximum Gasteiger partial charge on any atom is 0.275 e. The molecule has 2 aromatic heterocycles. The van der Waals surface area contributed by atoms with E-state index in [1.807, 2.05) is 13.8 Å². The highest BCUT2D eigenvalue weighted by molar-refractivity contribution is 7.89. The van der Waals surface area contributed by atoms with Crippen molar-refractivity contribution in [2.45, 2.75) is 57.3 Å². The molecule has 3 heterocycles. The largest absolute Gasteiger partial charge is 0.493 e. The topological polar surface area (TPSA) is 150 Å². The molecule has 3 N–H and O–H groups in total. The summed E-state index contributed by atoms with van der Waals surface area (Å²) in [6.07, 6.45) is 5.49. The van der Waals surface area contributed by atoms with Gasteiger partial charge in [0.15, 0.2) is 0 Å². The van der Waals surface area contributed by atoms with Crippen molar-refractivity contribution in [3.63, 3.8) is 0 Å². The molecule has 0 bridgehead atoms. The van der Waals surface area contributed by atoms with Crippen LogP contribution in [0.2, 0.25) is 0 Å². The molecule has 0 spiro atoms. The van der Waals surface area contributed by atoms with E-state index in [0.717, 1.165) is 18.4 Å². The minimum atomic E-state index is -3.80. The zero-order valence-corrected chi connectivity index (χ0v) is 23.5. The zero-order valence-electron chi connectivity index (χ0n) is 22.7. The van der Waals surface area contributed by atoms with Gasteiger partial charge < -0.3 is 24.6 Å². The van der Waals surface area contributed by atoms with E-state index in [4.69, 9.17) is 9.72 Å². The van der Waals surface area contributed by atoms with Crippen molar-refractivity contribution in [1.29, 1.82) is 0 Å². The molecule has 0 atom stereocenters. The molecule has 0 radical (unpaired) electrons. The number of H-pyrrole nitrogens is 1. The number of sulfonamides is 1. The molecule has 1 aliphatic heterocycles. The lowest BCUT2D eigenvalue weighted by atomic mass is 9.95. The summed E-state index contributed by atoms with van der Waals surface area (Å²) in [5.74, 6) is 0.935. The van der Waals surface area contributed by atoms with E-state index in [1.165, 1.54) is 22.7 Å². The van der Waals surface area contributed by atoms with Crippen LogP contribution in [-0.4, -0.2) is 70.1 Å². The fourth-order valence-corrected chi connectivity index (χ4v) is 6.73. The van der Waals surface area contributed by atoms with Crippen LogP contribution >= 0.6 is 0 Å². The van der Waals surface area contributed by atoms with Crippen LogP contribution in [-0.2, 0) is 23.5 Å². The molecular weight excluding hydrogens is 522 g/mol. The molecule has 212 valence electrons. The molecule has 0 unspecified atom stereocenters. The third-order valence-electron chi connectivity index (χ3n) is 7.28. The van der Waals surface area contributed by atoms with Gasteiger partial charge in [-0.05, 0) is 56.2 Å². The first-order valence-corrected chi connectivity index (χ1v) is 14.9. The Kier molecular flexibility index (Phi) is 9.08. The van der Waals surface area contributed by atoms with Crippen molar-refractivity contribution < 1.29 is 23.5 Å². The Morgan fingerprint density at radius 1 is 1.23 bits per heavy atom. The highest BCUT2D eigenvalue weighted by Gasteiger charge is 2.30. The van der Waals surface area contributed by atoms with Crippen LogP contribution in [0.3, 0.4) is 0 Å². The highest BCUT2D eigenvalue weighted by Crippen LogP contribution is 2.34. The summed E-state index contributed by atoms with van der Waals surface area (Å²) in [5, 5.41) is 21.6. The van der Waals surface area contributed by atoms with Gasteiger partial charge in [-0.2, -0.15) is 4.31 Å². The van der Waals surface area contributed by atoms with Gasteiger partial charge in [-0.3, -0.25) is 4.79 Å². The summed E-state index contributed by atoms with van der Waals surface area (Å²) < 4.78 is 36.3. The van der Waals surface area contributed by atoms with Crippen molar-refractivity contribution >= 4 is 27.3 Å². The van der Waals surface area contributed by atoms with Gasteiger partial charge in [-0.25, -0.2) is 13.4 Å². The normalized spacial score (nSPS) is 15.5. The summed E-state index contributed by atoms with van der Waals surface area (Å²) in [5.41, 5.74) is 2.13. The second-order valence-electron chi connectivity index (χ2n) is 9.90. The number of oxime groups is 1. The maximum absolute atomic E-state index is 13.6. The summed E-state index contributed by atoms with van der Waals surface area (Å²) in [6.45, 7) is 5.26. The lowest BCUT2D eigenvalue weighted by Gasteiger charge is -2.31. The monoisotopic (exact) mass is 559 g/mol. The second kappa shape index (κ2) is 12.3. The van der Waals surface area contributed by atoms with E-state index in [1.54, 1.807) is 17.7 Å². The second-order valence-corrected chi connectivity index (χ2v) is 11.8. The van der Waals surface area contributed by atoms with Crippen LogP contribution in [0.1, 0.15) is 57.2 Å². The van der Waals surface area contributed by atoms with Gasteiger partial charge in [0, 0.05) is 32.3 Å². The van der Waals surface area contributed by atoms with Crippen LogP contribution < -0.4 is 10.3 Å². The molecule has 1 fully saturated rings. The van der Waals surface area contributed by atoms with E-state index < -0.39 is 15.6 Å². The predicted molar refractivity (Wildman–Crippen MR) is 149 cm³/mol. The number of aromatic nitrogens is 3. The van der Waals surface area contributed by atoms with Crippen molar-refractivity contribution in [2.24, 2.45) is 18.1 Å². The van der Waals surface area contributed by atoms with Crippen molar-refractivity contribution in [3.05, 3.63) is 39.8 Å². The number of rotatable bonds is 11.